The number of aryl methyl sites for hydroxylation is 1. The van der Waals surface area contributed by atoms with E-state index in [0.29, 0.717) is 23.5 Å². The Hall–Kier alpha value is -4.12. The van der Waals surface area contributed by atoms with Crippen LogP contribution in [0.25, 0.3) is 0 Å². The second-order valence-electron chi connectivity index (χ2n) is 10.5. The van der Waals surface area contributed by atoms with Crippen molar-refractivity contribution in [3.8, 4) is 0 Å². The fourth-order valence-corrected chi connectivity index (χ4v) is 5.56. The Morgan fingerprint density at radius 1 is 1.00 bits per heavy atom. The number of carbonyl (C=O) groups excluding carboxylic acids is 3. The number of anilines is 1. The van der Waals surface area contributed by atoms with E-state index in [9.17, 15) is 22.8 Å². The zero-order valence-corrected chi connectivity index (χ0v) is 22.5. The summed E-state index contributed by atoms with van der Waals surface area (Å²) in [5.41, 5.74) is 2.49. The van der Waals surface area contributed by atoms with E-state index >= 15 is 0 Å². The minimum Gasteiger partial charge on any atom is -0.542 e. The van der Waals surface area contributed by atoms with Crippen LogP contribution in [0.4, 0.5) is 18.9 Å². The van der Waals surface area contributed by atoms with Crippen LogP contribution in [-0.2, 0) is 21.4 Å². The van der Waals surface area contributed by atoms with Gasteiger partial charge in [0.2, 0.25) is 5.78 Å². The van der Waals surface area contributed by atoms with Crippen molar-refractivity contribution in [3.05, 3.63) is 90.3 Å². The second-order valence-corrected chi connectivity index (χ2v) is 10.5. The maximum atomic E-state index is 13.5. The quantitative estimate of drug-likeness (QED) is 0.252. The number of carboxylic acids is 1. The lowest BCUT2D eigenvalue weighted by Crippen LogP contribution is -2.66. The number of fused-ring (bicyclic) bond motifs is 3. The number of nitrogens with one attached hydrogen (secondary N) is 1. The van der Waals surface area contributed by atoms with E-state index in [1.54, 1.807) is 0 Å². The Morgan fingerprint density at radius 3 is 2.12 bits per heavy atom. The fraction of sp³-hybridized carbons (Fsp3) is 0.367. The first-order valence-corrected chi connectivity index (χ1v) is 13.3. The predicted octanol–water partition coefficient (Wildman–Crippen LogP) is 3.51. The highest BCUT2D eigenvalue weighted by atomic mass is 19.4. The highest BCUT2D eigenvalue weighted by Crippen LogP contribution is 2.36. The minimum absolute atomic E-state index is 0.158. The average molecular weight is 572 g/mol. The lowest BCUT2D eigenvalue weighted by molar-refractivity contribution is -0.938. The third-order valence-electron chi connectivity index (χ3n) is 7.70. The van der Waals surface area contributed by atoms with Crippen molar-refractivity contribution in [3.63, 3.8) is 0 Å². The van der Waals surface area contributed by atoms with Crippen LogP contribution in [0.1, 0.15) is 34.9 Å². The van der Waals surface area contributed by atoms with Crippen molar-refractivity contribution in [2.75, 3.05) is 31.5 Å². The lowest BCUT2D eigenvalue weighted by atomic mass is 9.83. The third kappa shape index (κ3) is 7.55. The highest BCUT2D eigenvalue weighted by Gasteiger charge is 2.49. The molecule has 3 aliphatic rings. The van der Waals surface area contributed by atoms with Gasteiger partial charge in [0.25, 0.3) is 0 Å². The molecule has 0 unspecified atom stereocenters. The van der Waals surface area contributed by atoms with Gasteiger partial charge in [-0.3, -0.25) is 4.79 Å². The molecule has 1 aromatic heterocycles. The number of alkyl halides is 3. The smallest absolute Gasteiger partial charge is 0.430 e. The van der Waals surface area contributed by atoms with E-state index in [1.807, 2.05) is 90.6 Å². The van der Waals surface area contributed by atoms with E-state index in [1.165, 1.54) is 0 Å². The highest BCUT2D eigenvalue weighted by molar-refractivity contribution is 5.95. The number of esters is 1. The molecule has 8 nitrogen and oxygen atoms in total. The number of para-hydroxylation sites is 1. The number of ether oxygens (including phenoxy) is 1. The van der Waals surface area contributed by atoms with Crippen LogP contribution < -0.4 is 10.4 Å². The first-order chi connectivity index (χ1) is 19.5. The molecule has 3 aromatic rings. The van der Waals surface area contributed by atoms with Crippen LogP contribution in [0.5, 0.6) is 0 Å². The number of halogens is 3. The van der Waals surface area contributed by atoms with Crippen LogP contribution in [0, 0.1) is 5.92 Å². The van der Waals surface area contributed by atoms with E-state index in [0.717, 1.165) is 42.9 Å². The van der Waals surface area contributed by atoms with E-state index in [4.69, 9.17) is 14.6 Å². The number of Topliss-reactive ketones (excluding diaryl/α,β-unsaturated/α-hetero) is 1. The van der Waals surface area contributed by atoms with Crippen LogP contribution >= 0.6 is 0 Å². The molecule has 11 heteroatoms. The first-order valence-electron chi connectivity index (χ1n) is 13.3. The summed E-state index contributed by atoms with van der Waals surface area (Å²) in [7, 11) is 1.91. The molecule has 0 radical (unpaired) electrons. The molecule has 2 bridgehead atoms. The van der Waals surface area contributed by atoms with Crippen LogP contribution in [0.2, 0.25) is 0 Å². The molecule has 218 valence electrons. The average Bonchev–Trinajstić information content (AvgIpc) is 3.39. The number of quaternary nitrogens is 1. The lowest BCUT2D eigenvalue weighted by Gasteiger charge is -2.51. The van der Waals surface area contributed by atoms with Crippen LogP contribution in [0.15, 0.2) is 79.0 Å². The second kappa shape index (κ2) is 12.6. The molecule has 0 spiro atoms. The van der Waals surface area contributed by atoms with Gasteiger partial charge in [-0.05, 0) is 29.8 Å². The number of hydrogen-bond acceptors (Lipinski definition) is 6. The first kappa shape index (κ1) is 29.9. The zero-order chi connectivity index (χ0) is 29.6. The summed E-state index contributed by atoms with van der Waals surface area (Å²) in [6.45, 7) is 3.11. The summed E-state index contributed by atoms with van der Waals surface area (Å²) in [4.78, 5) is 35.3. The molecule has 3 aliphatic heterocycles. The van der Waals surface area contributed by atoms with Crippen molar-refractivity contribution in [1.29, 1.82) is 0 Å². The van der Waals surface area contributed by atoms with Gasteiger partial charge in [0.1, 0.15) is 19.1 Å². The normalized spacial score (nSPS) is 22.1. The van der Waals surface area contributed by atoms with Crippen LogP contribution in [-0.4, -0.2) is 65.2 Å². The van der Waals surface area contributed by atoms with Gasteiger partial charge in [-0.2, -0.15) is 13.2 Å². The molecular weight excluding hydrogens is 539 g/mol. The summed E-state index contributed by atoms with van der Waals surface area (Å²) in [6.07, 6.45) is -1.48. The number of hydrogen-bond donors (Lipinski definition) is 1. The summed E-state index contributed by atoms with van der Waals surface area (Å²) in [6, 6.07) is 22.7. The van der Waals surface area contributed by atoms with Gasteiger partial charge in [0.05, 0.1) is 18.8 Å². The number of benzene rings is 2. The number of rotatable bonds is 8. The molecule has 4 heterocycles. The molecule has 2 atom stereocenters. The van der Waals surface area contributed by atoms with E-state index in [-0.39, 0.29) is 17.9 Å². The van der Waals surface area contributed by atoms with Crippen molar-refractivity contribution < 1.29 is 41.9 Å². The Kier molecular flexibility index (Phi) is 9.17. The van der Waals surface area contributed by atoms with Gasteiger partial charge in [0.15, 0.2) is 12.1 Å². The van der Waals surface area contributed by atoms with Crippen molar-refractivity contribution in [2.24, 2.45) is 13.0 Å². The third-order valence-corrected chi connectivity index (χ3v) is 7.70. The van der Waals surface area contributed by atoms with Gasteiger partial charge >= 0.3 is 12.1 Å². The predicted molar refractivity (Wildman–Crippen MR) is 142 cm³/mol. The largest absolute Gasteiger partial charge is 0.542 e. The van der Waals surface area contributed by atoms with Gasteiger partial charge < -0.3 is 29.0 Å². The van der Waals surface area contributed by atoms with Crippen molar-refractivity contribution >= 4 is 23.4 Å². The summed E-state index contributed by atoms with van der Waals surface area (Å²) >= 11 is 0. The molecule has 1 N–H and O–H groups in total. The Bertz CT molecular complexity index is 1340. The van der Waals surface area contributed by atoms with Gasteiger partial charge in [-0.15, -0.1) is 0 Å². The molecule has 0 aliphatic carbocycles. The number of aliphatic carboxylic acids is 1. The summed E-state index contributed by atoms with van der Waals surface area (Å²) < 4.78 is 40.3. The van der Waals surface area contributed by atoms with Crippen LogP contribution in [0.3, 0.4) is 0 Å². The molecule has 3 saturated heterocycles. The van der Waals surface area contributed by atoms with E-state index < -0.39 is 18.2 Å². The number of nitrogens with zero attached hydrogens (tertiary/aromatic N) is 2. The molecular formula is C30H32F3N3O5. The topological polar surface area (TPSA) is 100 Å². The monoisotopic (exact) mass is 571 g/mol. The Morgan fingerprint density at radius 2 is 1.59 bits per heavy atom. The van der Waals surface area contributed by atoms with Crippen molar-refractivity contribution in [2.45, 2.75) is 31.2 Å². The van der Waals surface area contributed by atoms with Gasteiger partial charge in [-0.25, -0.2) is 4.79 Å². The van der Waals surface area contributed by atoms with Gasteiger partial charge in [0, 0.05) is 37.7 Å². The number of carbonyl (C=O) groups is 3. The number of aromatic nitrogens is 1. The van der Waals surface area contributed by atoms with Gasteiger partial charge in [-0.1, -0.05) is 48.5 Å². The maximum Gasteiger partial charge on any atom is 0.430 e. The Labute approximate surface area is 235 Å². The van der Waals surface area contributed by atoms with Crippen molar-refractivity contribution in [1.82, 2.24) is 4.57 Å². The molecule has 0 saturated carbocycles. The molecule has 0 amide bonds. The molecule has 3 fully saturated rings. The van der Waals surface area contributed by atoms with E-state index in [2.05, 4.69) is 5.32 Å². The fourth-order valence-electron chi connectivity index (χ4n) is 5.56. The summed E-state index contributed by atoms with van der Waals surface area (Å²) in [5, 5.41) is 12.1. The standard InChI is InChI=1S/C28H32N3O3.C2HF3O2/c1-30-16-8-13-24(30)25(32)19-31-17-14-21(15-18-31)26(20-31)34-28(33)27(22-9-4-2-5-10-22)29-23-11-6-3-7-12-23;3-2(4,5)1(6)7/h2-13,16,21,26-27,29H,14-15,17-20H2,1H3;(H,6,7)/q+1;/p-1/t21?,26-,27+,31?;/m0./s1. The SMILES string of the molecule is Cn1cccc1C(=O)C[N+]12CCC(CC1)[C@@H](OC(=O)[C@H](Nc1ccccc1)c1ccccc1)C2.O=C([O-])C(F)(F)F. The minimum atomic E-state index is -5.19. The molecule has 41 heavy (non-hydrogen) atoms. The molecule has 2 aromatic carbocycles. The number of carboxylic acid groups (broad SMARTS) is 1. The summed E-state index contributed by atoms with van der Waals surface area (Å²) in [5.74, 6) is -2.75. The Balaban J connectivity index is 0.000000493. The number of ketones is 1. The molecule has 6 rings (SSSR count). The maximum absolute atomic E-state index is 13.5. The zero-order valence-electron chi connectivity index (χ0n) is 22.5. The number of piperidine rings is 3.